The number of aryl methyl sites for hydroxylation is 1. The van der Waals surface area contributed by atoms with Crippen LogP contribution in [0, 0.1) is 0 Å². The van der Waals surface area contributed by atoms with Crippen LogP contribution in [0.4, 0.5) is 0 Å². The topological polar surface area (TPSA) is 47.1 Å². The lowest BCUT2D eigenvalue weighted by Gasteiger charge is -2.39. The second-order valence-electron chi connectivity index (χ2n) is 3.75. The molecule has 1 aromatic heterocycles. The molecule has 4 nitrogen and oxygen atoms in total. The van der Waals surface area contributed by atoms with E-state index in [-0.39, 0.29) is 0 Å². The first-order valence-electron chi connectivity index (χ1n) is 4.83. The molecule has 0 aliphatic carbocycles. The molecule has 1 unspecified atom stereocenters. The lowest BCUT2D eigenvalue weighted by Crippen LogP contribution is -2.51. The third-order valence-electron chi connectivity index (χ3n) is 2.75. The van der Waals surface area contributed by atoms with Crippen molar-refractivity contribution in [2.45, 2.75) is 19.0 Å². The zero-order chi connectivity index (χ0) is 10.1. The Hall–Kier alpha value is -0.390. The van der Waals surface area contributed by atoms with Crippen LogP contribution in [-0.2, 0) is 13.6 Å². The first-order valence-corrected chi connectivity index (χ1v) is 5.62. The summed E-state index contributed by atoms with van der Waals surface area (Å²) in [4.78, 5) is 2.37. The van der Waals surface area contributed by atoms with E-state index < -0.39 is 0 Å². The average Bonchev–Trinajstić information content (AvgIpc) is 2.40. The molecule has 1 atom stereocenters. The largest absolute Gasteiger partial charge is 0.329 e. The van der Waals surface area contributed by atoms with Crippen molar-refractivity contribution >= 4 is 15.9 Å². The second kappa shape index (κ2) is 4.00. The number of halogens is 1. The van der Waals surface area contributed by atoms with Crippen LogP contribution in [0.15, 0.2) is 10.7 Å². The number of rotatable bonds is 3. The van der Waals surface area contributed by atoms with E-state index in [4.69, 9.17) is 5.73 Å². The fourth-order valence-corrected chi connectivity index (χ4v) is 2.28. The minimum absolute atomic E-state index is 0.559. The van der Waals surface area contributed by atoms with Crippen molar-refractivity contribution in [3.63, 3.8) is 0 Å². The van der Waals surface area contributed by atoms with E-state index in [1.807, 2.05) is 17.9 Å². The van der Waals surface area contributed by atoms with Crippen molar-refractivity contribution in [2.75, 3.05) is 13.1 Å². The van der Waals surface area contributed by atoms with Crippen molar-refractivity contribution in [1.82, 2.24) is 14.7 Å². The van der Waals surface area contributed by atoms with Crippen LogP contribution in [0.2, 0.25) is 0 Å². The van der Waals surface area contributed by atoms with Crippen LogP contribution in [-0.4, -0.2) is 33.8 Å². The Balaban J connectivity index is 2.00. The molecule has 0 spiro atoms. The summed E-state index contributed by atoms with van der Waals surface area (Å²) >= 11 is 3.50. The average molecular weight is 259 g/mol. The van der Waals surface area contributed by atoms with E-state index >= 15 is 0 Å². The molecule has 1 aliphatic heterocycles. The van der Waals surface area contributed by atoms with Gasteiger partial charge in [0, 0.05) is 38.9 Å². The SMILES string of the molecule is Cn1cc(Br)c(CN2CCC2CN)n1. The summed E-state index contributed by atoms with van der Waals surface area (Å²) < 4.78 is 2.92. The minimum Gasteiger partial charge on any atom is -0.329 e. The van der Waals surface area contributed by atoms with Gasteiger partial charge in [-0.15, -0.1) is 0 Å². The molecular weight excluding hydrogens is 244 g/mol. The van der Waals surface area contributed by atoms with E-state index in [2.05, 4.69) is 25.9 Å². The van der Waals surface area contributed by atoms with E-state index in [0.29, 0.717) is 6.04 Å². The van der Waals surface area contributed by atoms with Gasteiger partial charge in [0.15, 0.2) is 0 Å². The van der Waals surface area contributed by atoms with Crippen molar-refractivity contribution in [3.05, 3.63) is 16.4 Å². The van der Waals surface area contributed by atoms with Gasteiger partial charge in [-0.3, -0.25) is 9.58 Å². The minimum atomic E-state index is 0.559. The van der Waals surface area contributed by atoms with Gasteiger partial charge in [0.1, 0.15) is 0 Å². The van der Waals surface area contributed by atoms with Crippen LogP contribution in [0.3, 0.4) is 0 Å². The molecule has 0 amide bonds. The Morgan fingerprint density at radius 3 is 2.93 bits per heavy atom. The molecule has 14 heavy (non-hydrogen) atoms. The Kier molecular flexibility index (Phi) is 2.90. The molecule has 1 fully saturated rings. The standard InChI is InChI=1S/C9H15BrN4/c1-13-5-8(10)9(12-13)6-14-3-2-7(14)4-11/h5,7H,2-4,6,11H2,1H3. The van der Waals surface area contributed by atoms with Gasteiger partial charge < -0.3 is 5.73 Å². The Morgan fingerprint density at radius 2 is 2.50 bits per heavy atom. The van der Waals surface area contributed by atoms with Crippen molar-refractivity contribution < 1.29 is 0 Å². The molecule has 1 saturated heterocycles. The first-order chi connectivity index (χ1) is 6.70. The van der Waals surface area contributed by atoms with E-state index in [1.165, 1.54) is 6.42 Å². The predicted molar refractivity (Wildman–Crippen MR) is 58.8 cm³/mol. The highest BCUT2D eigenvalue weighted by atomic mass is 79.9. The summed E-state index contributed by atoms with van der Waals surface area (Å²) in [5.74, 6) is 0. The summed E-state index contributed by atoms with van der Waals surface area (Å²) in [5.41, 5.74) is 6.74. The summed E-state index contributed by atoms with van der Waals surface area (Å²) in [5, 5.41) is 4.39. The third-order valence-corrected chi connectivity index (χ3v) is 3.41. The Labute approximate surface area is 92.2 Å². The van der Waals surface area contributed by atoms with Gasteiger partial charge in [-0.1, -0.05) is 0 Å². The maximum atomic E-state index is 5.64. The summed E-state index contributed by atoms with van der Waals surface area (Å²) in [6.07, 6.45) is 3.20. The highest BCUT2D eigenvalue weighted by molar-refractivity contribution is 9.10. The van der Waals surface area contributed by atoms with Gasteiger partial charge in [-0.05, 0) is 22.4 Å². The van der Waals surface area contributed by atoms with Gasteiger partial charge in [0.25, 0.3) is 0 Å². The van der Waals surface area contributed by atoms with Gasteiger partial charge in [0.2, 0.25) is 0 Å². The number of hydrogen-bond donors (Lipinski definition) is 1. The number of aromatic nitrogens is 2. The molecule has 0 saturated carbocycles. The molecular formula is C9H15BrN4. The first kappa shape index (κ1) is 10.1. The monoisotopic (exact) mass is 258 g/mol. The zero-order valence-corrected chi connectivity index (χ0v) is 9.87. The number of likely N-dealkylation sites (tertiary alicyclic amines) is 1. The van der Waals surface area contributed by atoms with Gasteiger partial charge >= 0.3 is 0 Å². The lowest BCUT2D eigenvalue weighted by atomic mass is 10.0. The molecule has 78 valence electrons. The fourth-order valence-electron chi connectivity index (χ4n) is 1.77. The Bertz CT molecular complexity index is 321. The molecule has 1 aromatic rings. The molecule has 1 aliphatic rings. The lowest BCUT2D eigenvalue weighted by molar-refractivity contribution is 0.0863. The molecule has 5 heteroatoms. The number of nitrogens with two attached hydrogens (primary N) is 1. The van der Waals surface area contributed by atoms with Gasteiger partial charge in [0.05, 0.1) is 10.2 Å². The summed E-state index contributed by atoms with van der Waals surface area (Å²) in [7, 11) is 1.94. The van der Waals surface area contributed by atoms with Crippen molar-refractivity contribution in [1.29, 1.82) is 0 Å². The van der Waals surface area contributed by atoms with Crippen molar-refractivity contribution in [3.8, 4) is 0 Å². The zero-order valence-electron chi connectivity index (χ0n) is 8.28. The van der Waals surface area contributed by atoms with Crippen LogP contribution in [0.1, 0.15) is 12.1 Å². The maximum absolute atomic E-state index is 5.64. The number of nitrogens with zero attached hydrogens (tertiary/aromatic N) is 3. The predicted octanol–water partition coefficient (Wildman–Crippen LogP) is 0.716. The highest BCUT2D eigenvalue weighted by Gasteiger charge is 2.27. The maximum Gasteiger partial charge on any atom is 0.0906 e. The van der Waals surface area contributed by atoms with E-state index in [1.54, 1.807) is 0 Å². The molecule has 2 rings (SSSR count). The van der Waals surface area contributed by atoms with E-state index in [0.717, 1.165) is 29.8 Å². The van der Waals surface area contributed by atoms with Crippen LogP contribution >= 0.6 is 15.9 Å². The summed E-state index contributed by atoms with van der Waals surface area (Å²) in [6, 6.07) is 0.559. The van der Waals surface area contributed by atoms with Gasteiger partial charge in [-0.25, -0.2) is 0 Å². The van der Waals surface area contributed by atoms with E-state index in [9.17, 15) is 0 Å². The van der Waals surface area contributed by atoms with Crippen LogP contribution in [0.5, 0.6) is 0 Å². The smallest absolute Gasteiger partial charge is 0.0906 e. The fraction of sp³-hybridized carbons (Fsp3) is 0.667. The highest BCUT2D eigenvalue weighted by Crippen LogP contribution is 2.22. The Morgan fingerprint density at radius 1 is 1.71 bits per heavy atom. The molecule has 2 heterocycles. The number of hydrogen-bond acceptors (Lipinski definition) is 3. The molecule has 0 radical (unpaired) electrons. The third kappa shape index (κ3) is 1.85. The second-order valence-corrected chi connectivity index (χ2v) is 4.60. The normalized spacial score (nSPS) is 22.4. The summed E-state index contributed by atoms with van der Waals surface area (Å²) in [6.45, 7) is 2.80. The molecule has 0 aromatic carbocycles. The van der Waals surface area contributed by atoms with Crippen LogP contribution < -0.4 is 5.73 Å². The molecule has 0 bridgehead atoms. The van der Waals surface area contributed by atoms with Crippen LogP contribution in [0.25, 0.3) is 0 Å². The van der Waals surface area contributed by atoms with Crippen molar-refractivity contribution in [2.24, 2.45) is 12.8 Å². The quantitative estimate of drug-likeness (QED) is 0.869. The molecule has 2 N–H and O–H groups in total. The van der Waals surface area contributed by atoms with Gasteiger partial charge in [-0.2, -0.15) is 5.10 Å².